The fraction of sp³-hybridized carbons (Fsp3) is 0.462. The van der Waals surface area contributed by atoms with E-state index in [1.807, 2.05) is 12.1 Å². The lowest BCUT2D eigenvalue weighted by molar-refractivity contribution is 0.0768. The van der Waals surface area contributed by atoms with E-state index in [4.69, 9.17) is 0 Å². The van der Waals surface area contributed by atoms with Crippen LogP contribution in [-0.2, 0) is 15.2 Å². The Kier molecular flexibility index (Phi) is 4.62. The zero-order valence-corrected chi connectivity index (χ0v) is 12.9. The van der Waals surface area contributed by atoms with Crippen LogP contribution in [0, 0.1) is 0 Å². The monoisotopic (exact) mass is 345 g/mol. The van der Waals surface area contributed by atoms with Crippen molar-refractivity contribution in [2.45, 2.75) is 11.8 Å². The number of sulfone groups is 1. The molecule has 1 fully saturated rings. The molecule has 4 nitrogen and oxygen atoms in total. The molecule has 2 rings (SSSR count). The standard InChI is InChI=1S/C13H16BrNO3S/c14-10-11-2-4-12(5-3-11)13(16)15-6-1-8-19(17,18)9-7-15/h2-5H,1,6-10H2. The van der Waals surface area contributed by atoms with Gasteiger partial charge in [-0.1, -0.05) is 28.1 Å². The summed E-state index contributed by atoms with van der Waals surface area (Å²) < 4.78 is 23.0. The predicted molar refractivity (Wildman–Crippen MR) is 78.2 cm³/mol. The van der Waals surface area contributed by atoms with Crippen molar-refractivity contribution in [3.8, 4) is 0 Å². The van der Waals surface area contributed by atoms with Gasteiger partial charge in [-0.3, -0.25) is 4.79 Å². The van der Waals surface area contributed by atoms with E-state index in [9.17, 15) is 13.2 Å². The molecule has 0 bridgehead atoms. The topological polar surface area (TPSA) is 54.5 Å². The smallest absolute Gasteiger partial charge is 0.253 e. The van der Waals surface area contributed by atoms with Gasteiger partial charge in [-0.05, 0) is 24.1 Å². The molecule has 1 aliphatic heterocycles. The van der Waals surface area contributed by atoms with E-state index in [0.717, 1.165) is 10.9 Å². The first kappa shape index (κ1) is 14.5. The zero-order chi connectivity index (χ0) is 13.9. The number of hydrogen-bond donors (Lipinski definition) is 0. The lowest BCUT2D eigenvalue weighted by atomic mass is 10.1. The van der Waals surface area contributed by atoms with E-state index in [2.05, 4.69) is 15.9 Å². The van der Waals surface area contributed by atoms with E-state index in [0.29, 0.717) is 25.1 Å². The Hall–Kier alpha value is -0.880. The highest BCUT2D eigenvalue weighted by atomic mass is 79.9. The Labute approximate surface area is 121 Å². The van der Waals surface area contributed by atoms with Gasteiger partial charge in [0.15, 0.2) is 9.84 Å². The van der Waals surface area contributed by atoms with Crippen LogP contribution in [0.4, 0.5) is 0 Å². The Balaban J connectivity index is 2.10. The van der Waals surface area contributed by atoms with Crippen molar-refractivity contribution in [2.75, 3.05) is 24.6 Å². The Morgan fingerprint density at radius 1 is 1.16 bits per heavy atom. The molecule has 1 aliphatic rings. The molecule has 6 heteroatoms. The van der Waals surface area contributed by atoms with Crippen LogP contribution >= 0.6 is 15.9 Å². The number of amides is 1. The number of rotatable bonds is 2. The molecule has 104 valence electrons. The molecule has 19 heavy (non-hydrogen) atoms. The van der Waals surface area contributed by atoms with Crippen molar-refractivity contribution >= 4 is 31.7 Å². The Morgan fingerprint density at radius 3 is 2.47 bits per heavy atom. The van der Waals surface area contributed by atoms with Gasteiger partial charge in [-0.2, -0.15) is 0 Å². The van der Waals surface area contributed by atoms with E-state index < -0.39 is 9.84 Å². The van der Waals surface area contributed by atoms with Crippen LogP contribution in [0.3, 0.4) is 0 Å². The first-order valence-corrected chi connectivity index (χ1v) is 9.11. The Morgan fingerprint density at radius 2 is 1.84 bits per heavy atom. The van der Waals surface area contributed by atoms with Gasteiger partial charge in [0.2, 0.25) is 0 Å². The van der Waals surface area contributed by atoms with Crippen molar-refractivity contribution in [1.29, 1.82) is 0 Å². The molecule has 0 N–H and O–H groups in total. The van der Waals surface area contributed by atoms with Crippen LogP contribution in [0.15, 0.2) is 24.3 Å². The summed E-state index contributed by atoms with van der Waals surface area (Å²) in [5.41, 5.74) is 1.72. The molecule has 0 unspecified atom stereocenters. The molecule has 0 radical (unpaired) electrons. The molecule has 0 atom stereocenters. The maximum absolute atomic E-state index is 12.3. The highest BCUT2D eigenvalue weighted by molar-refractivity contribution is 9.08. The lowest BCUT2D eigenvalue weighted by Gasteiger charge is -2.19. The second-order valence-electron chi connectivity index (χ2n) is 4.63. The van der Waals surface area contributed by atoms with Crippen molar-refractivity contribution in [3.63, 3.8) is 0 Å². The minimum absolute atomic E-state index is 0.0677. The summed E-state index contributed by atoms with van der Waals surface area (Å²) in [5.74, 6) is 0.163. The molecule has 1 amide bonds. The fourth-order valence-electron chi connectivity index (χ4n) is 2.06. The van der Waals surface area contributed by atoms with Crippen LogP contribution in [0.5, 0.6) is 0 Å². The van der Waals surface area contributed by atoms with Crippen molar-refractivity contribution in [3.05, 3.63) is 35.4 Å². The highest BCUT2D eigenvalue weighted by Crippen LogP contribution is 2.12. The maximum Gasteiger partial charge on any atom is 0.253 e. The average Bonchev–Trinajstić information content (AvgIpc) is 2.59. The molecule has 0 aromatic heterocycles. The summed E-state index contributed by atoms with van der Waals surface area (Å²) in [6.07, 6.45) is 0.521. The minimum Gasteiger partial charge on any atom is -0.338 e. The third kappa shape index (κ3) is 3.79. The highest BCUT2D eigenvalue weighted by Gasteiger charge is 2.23. The first-order chi connectivity index (χ1) is 9.02. The summed E-state index contributed by atoms with van der Waals surface area (Å²) in [7, 11) is -2.98. The van der Waals surface area contributed by atoms with Crippen LogP contribution in [0.1, 0.15) is 22.3 Å². The summed E-state index contributed by atoms with van der Waals surface area (Å²) in [5, 5.41) is 0.753. The third-order valence-electron chi connectivity index (χ3n) is 3.20. The van der Waals surface area contributed by atoms with E-state index >= 15 is 0 Å². The quantitative estimate of drug-likeness (QED) is 0.768. The number of hydrogen-bond acceptors (Lipinski definition) is 3. The van der Waals surface area contributed by atoms with Gasteiger partial charge < -0.3 is 4.90 Å². The normalized spacial score (nSPS) is 18.9. The van der Waals surface area contributed by atoms with E-state index in [-0.39, 0.29) is 17.4 Å². The summed E-state index contributed by atoms with van der Waals surface area (Å²) in [6, 6.07) is 7.38. The van der Waals surface area contributed by atoms with Crippen molar-refractivity contribution in [2.24, 2.45) is 0 Å². The van der Waals surface area contributed by atoms with Gasteiger partial charge in [0.1, 0.15) is 0 Å². The molecule has 0 aliphatic carbocycles. The van der Waals surface area contributed by atoms with Gasteiger partial charge in [-0.15, -0.1) is 0 Å². The first-order valence-electron chi connectivity index (χ1n) is 6.16. The zero-order valence-electron chi connectivity index (χ0n) is 10.5. The van der Waals surface area contributed by atoms with E-state index in [1.54, 1.807) is 17.0 Å². The molecule has 1 aromatic rings. The van der Waals surface area contributed by atoms with Crippen LogP contribution in [-0.4, -0.2) is 43.8 Å². The van der Waals surface area contributed by atoms with Gasteiger partial charge in [0, 0.05) is 24.0 Å². The Bertz CT molecular complexity index is 554. The number of carbonyl (C=O) groups excluding carboxylic acids is 1. The van der Waals surface area contributed by atoms with Gasteiger partial charge in [0.05, 0.1) is 11.5 Å². The third-order valence-corrected chi connectivity index (χ3v) is 5.56. The summed E-state index contributed by atoms with van der Waals surface area (Å²) in [4.78, 5) is 13.9. The second-order valence-corrected chi connectivity index (χ2v) is 7.49. The average molecular weight is 346 g/mol. The van der Waals surface area contributed by atoms with E-state index in [1.165, 1.54) is 0 Å². The minimum atomic E-state index is -2.98. The van der Waals surface area contributed by atoms with Gasteiger partial charge in [0.25, 0.3) is 5.91 Å². The SMILES string of the molecule is O=C(c1ccc(CBr)cc1)N1CCCS(=O)(=O)CC1. The van der Waals surface area contributed by atoms with Crippen LogP contribution in [0.25, 0.3) is 0 Å². The number of alkyl halides is 1. The largest absolute Gasteiger partial charge is 0.338 e. The van der Waals surface area contributed by atoms with Crippen molar-refractivity contribution in [1.82, 2.24) is 4.90 Å². The van der Waals surface area contributed by atoms with Crippen LogP contribution in [0.2, 0.25) is 0 Å². The second kappa shape index (κ2) is 6.05. The molecule has 1 saturated heterocycles. The van der Waals surface area contributed by atoms with Crippen molar-refractivity contribution < 1.29 is 13.2 Å². The number of carbonyl (C=O) groups is 1. The number of halogens is 1. The molecular formula is C13H16BrNO3S. The fourth-order valence-corrected chi connectivity index (χ4v) is 3.71. The molecule has 0 spiro atoms. The predicted octanol–water partition coefficient (Wildman–Crippen LogP) is 1.84. The number of nitrogens with zero attached hydrogens (tertiary/aromatic N) is 1. The molecule has 0 saturated carbocycles. The summed E-state index contributed by atoms with van der Waals surface area (Å²) >= 11 is 3.36. The number of benzene rings is 1. The summed E-state index contributed by atoms with van der Waals surface area (Å²) in [6.45, 7) is 0.805. The molecular weight excluding hydrogens is 330 g/mol. The van der Waals surface area contributed by atoms with Crippen LogP contribution < -0.4 is 0 Å². The maximum atomic E-state index is 12.3. The van der Waals surface area contributed by atoms with Gasteiger partial charge >= 0.3 is 0 Å². The lowest BCUT2D eigenvalue weighted by Crippen LogP contribution is -2.33. The molecule has 1 aromatic carbocycles. The van der Waals surface area contributed by atoms with Gasteiger partial charge in [-0.25, -0.2) is 8.42 Å². The molecule has 1 heterocycles.